The molecule has 0 amide bonds. The van der Waals surface area contributed by atoms with Crippen molar-refractivity contribution in [3.63, 3.8) is 0 Å². The molecular formula is C11H16ClNO3S. The molecule has 1 aromatic carbocycles. The summed E-state index contributed by atoms with van der Waals surface area (Å²) in [6, 6.07) is 6.58. The van der Waals surface area contributed by atoms with Crippen LogP contribution < -0.4 is 4.72 Å². The predicted octanol–water partition coefficient (Wildman–Crippen LogP) is 1.80. The number of alkyl halides is 1. The Kier molecular flexibility index (Phi) is 5.24. The van der Waals surface area contributed by atoms with Crippen molar-refractivity contribution < 1.29 is 13.5 Å². The smallest absolute Gasteiger partial charge is 0.233 e. The summed E-state index contributed by atoms with van der Waals surface area (Å²) >= 11 is 5.58. The van der Waals surface area contributed by atoms with Crippen molar-refractivity contribution in [1.29, 1.82) is 0 Å². The molecule has 4 nitrogen and oxygen atoms in total. The zero-order chi connectivity index (χ0) is 12.9. The van der Waals surface area contributed by atoms with Gasteiger partial charge in [-0.05, 0) is 23.6 Å². The number of aliphatic hydroxyl groups excluding tert-OH is 1. The van der Waals surface area contributed by atoms with E-state index < -0.39 is 10.0 Å². The van der Waals surface area contributed by atoms with Crippen LogP contribution in [0.2, 0.25) is 0 Å². The van der Waals surface area contributed by atoms with E-state index in [1.165, 1.54) is 0 Å². The van der Waals surface area contributed by atoms with E-state index in [-0.39, 0.29) is 18.3 Å². The van der Waals surface area contributed by atoms with E-state index in [2.05, 4.69) is 4.72 Å². The highest BCUT2D eigenvalue weighted by Crippen LogP contribution is 2.13. The van der Waals surface area contributed by atoms with Crippen LogP contribution in [0.15, 0.2) is 24.3 Å². The molecule has 17 heavy (non-hydrogen) atoms. The van der Waals surface area contributed by atoms with Gasteiger partial charge in [0.25, 0.3) is 0 Å². The zero-order valence-corrected chi connectivity index (χ0v) is 11.1. The summed E-state index contributed by atoms with van der Waals surface area (Å²) in [5.74, 6) is 0.216. The number of aliphatic hydroxyl groups is 1. The van der Waals surface area contributed by atoms with Gasteiger partial charge in [0.2, 0.25) is 10.0 Å². The monoisotopic (exact) mass is 277 g/mol. The number of benzene rings is 1. The minimum atomic E-state index is -3.36. The molecule has 0 aliphatic rings. The summed E-state index contributed by atoms with van der Waals surface area (Å²) in [5.41, 5.74) is 1.23. The predicted molar refractivity (Wildman–Crippen MR) is 69.7 cm³/mol. The first-order valence-electron chi connectivity index (χ1n) is 5.23. The topological polar surface area (TPSA) is 66.4 Å². The maximum Gasteiger partial charge on any atom is 0.233 e. The lowest BCUT2D eigenvalue weighted by Gasteiger charge is -2.11. The quantitative estimate of drug-likeness (QED) is 0.779. The first-order valence-corrected chi connectivity index (χ1v) is 7.42. The lowest BCUT2D eigenvalue weighted by Crippen LogP contribution is -2.22. The molecule has 1 unspecified atom stereocenters. The first kappa shape index (κ1) is 14.3. The third-order valence-corrected chi connectivity index (χ3v) is 4.26. The van der Waals surface area contributed by atoms with E-state index >= 15 is 0 Å². The number of halogens is 1. The summed E-state index contributed by atoms with van der Waals surface area (Å²) in [6.45, 7) is 1.72. The lowest BCUT2D eigenvalue weighted by molar-refractivity contribution is 0.282. The van der Waals surface area contributed by atoms with Gasteiger partial charge in [0.05, 0.1) is 12.4 Å². The molecule has 96 valence electrons. The van der Waals surface area contributed by atoms with Gasteiger partial charge in [-0.2, -0.15) is 0 Å². The van der Waals surface area contributed by atoms with Crippen molar-refractivity contribution >= 4 is 27.3 Å². The van der Waals surface area contributed by atoms with E-state index in [0.717, 1.165) is 5.56 Å². The van der Waals surface area contributed by atoms with Gasteiger partial charge in [-0.25, -0.2) is 8.42 Å². The molecule has 1 atom stereocenters. The Morgan fingerprint density at radius 1 is 1.35 bits per heavy atom. The highest BCUT2D eigenvalue weighted by Gasteiger charge is 2.14. The van der Waals surface area contributed by atoms with Crippen LogP contribution in [0.5, 0.6) is 0 Å². The Morgan fingerprint density at radius 3 is 2.41 bits per heavy atom. The van der Waals surface area contributed by atoms with Crippen LogP contribution in [0.4, 0.5) is 5.69 Å². The number of nitrogens with one attached hydrogen (secondary N) is 1. The minimum absolute atomic E-state index is 0.00173. The molecule has 0 fully saturated rings. The molecule has 1 rings (SSSR count). The average Bonchev–Trinajstić information content (AvgIpc) is 2.28. The van der Waals surface area contributed by atoms with Crippen LogP contribution in [0.1, 0.15) is 12.5 Å². The Labute approximate surface area is 107 Å². The molecule has 0 aromatic heterocycles. The van der Waals surface area contributed by atoms with Gasteiger partial charge in [-0.3, -0.25) is 4.72 Å². The summed E-state index contributed by atoms with van der Waals surface area (Å²) in [4.78, 5) is 0. The van der Waals surface area contributed by atoms with Crippen LogP contribution in [0, 0.1) is 5.92 Å². The van der Waals surface area contributed by atoms with Gasteiger partial charge in [0.15, 0.2) is 0 Å². The maximum absolute atomic E-state index is 11.7. The van der Waals surface area contributed by atoms with Crippen LogP contribution in [-0.2, 0) is 16.6 Å². The van der Waals surface area contributed by atoms with Gasteiger partial charge in [-0.15, -0.1) is 11.6 Å². The molecule has 0 heterocycles. The van der Waals surface area contributed by atoms with Crippen molar-refractivity contribution in [3.05, 3.63) is 29.8 Å². The normalized spacial score (nSPS) is 13.4. The zero-order valence-electron chi connectivity index (χ0n) is 9.56. The van der Waals surface area contributed by atoms with Crippen LogP contribution >= 0.6 is 11.6 Å². The van der Waals surface area contributed by atoms with Gasteiger partial charge in [0.1, 0.15) is 0 Å². The largest absolute Gasteiger partial charge is 0.392 e. The molecule has 0 bridgehead atoms. The second-order valence-corrected chi connectivity index (χ2v) is 6.07. The van der Waals surface area contributed by atoms with Gasteiger partial charge in [0, 0.05) is 11.6 Å². The summed E-state index contributed by atoms with van der Waals surface area (Å²) in [7, 11) is -3.36. The molecule has 6 heteroatoms. The summed E-state index contributed by atoms with van der Waals surface area (Å²) in [6.07, 6.45) is 0. The summed E-state index contributed by atoms with van der Waals surface area (Å²) in [5, 5.41) is 8.86. The average molecular weight is 278 g/mol. The minimum Gasteiger partial charge on any atom is -0.392 e. The Balaban J connectivity index is 2.69. The molecule has 1 aromatic rings. The Bertz CT molecular complexity index is 444. The SMILES string of the molecule is CC(CCl)CS(=O)(=O)Nc1ccc(CO)cc1. The number of sulfonamides is 1. The molecule has 0 spiro atoms. The number of hydrogen-bond donors (Lipinski definition) is 2. The molecule has 0 aliphatic carbocycles. The van der Waals surface area contributed by atoms with Gasteiger partial charge in [-0.1, -0.05) is 19.1 Å². The standard InChI is InChI=1S/C11H16ClNO3S/c1-9(6-12)8-17(15,16)13-11-4-2-10(7-14)3-5-11/h2-5,9,13-14H,6-8H2,1H3. The Hall–Kier alpha value is -0.780. The van der Waals surface area contributed by atoms with Crippen molar-refractivity contribution in [3.8, 4) is 0 Å². The van der Waals surface area contributed by atoms with E-state index in [0.29, 0.717) is 11.6 Å². The molecule has 0 aliphatic heterocycles. The first-order chi connectivity index (χ1) is 7.96. The van der Waals surface area contributed by atoms with E-state index in [9.17, 15) is 8.42 Å². The number of hydrogen-bond acceptors (Lipinski definition) is 3. The van der Waals surface area contributed by atoms with Gasteiger partial charge < -0.3 is 5.11 Å². The van der Waals surface area contributed by atoms with Crippen molar-refractivity contribution in [2.24, 2.45) is 5.92 Å². The second-order valence-electron chi connectivity index (χ2n) is 4.00. The highest BCUT2D eigenvalue weighted by atomic mass is 35.5. The lowest BCUT2D eigenvalue weighted by atomic mass is 10.2. The Morgan fingerprint density at radius 2 is 1.94 bits per heavy atom. The van der Waals surface area contributed by atoms with Gasteiger partial charge >= 0.3 is 0 Å². The van der Waals surface area contributed by atoms with E-state index in [1.54, 1.807) is 31.2 Å². The molecule has 2 N–H and O–H groups in total. The number of anilines is 1. The summed E-state index contributed by atoms with van der Waals surface area (Å²) < 4.78 is 25.9. The molecular weight excluding hydrogens is 262 g/mol. The molecule has 0 saturated heterocycles. The number of rotatable bonds is 6. The fraction of sp³-hybridized carbons (Fsp3) is 0.455. The molecule has 0 saturated carbocycles. The van der Waals surface area contributed by atoms with Crippen molar-refractivity contribution in [2.75, 3.05) is 16.4 Å². The van der Waals surface area contributed by atoms with Crippen LogP contribution in [-0.4, -0.2) is 25.2 Å². The fourth-order valence-electron chi connectivity index (χ4n) is 1.32. The maximum atomic E-state index is 11.7. The van der Waals surface area contributed by atoms with Crippen LogP contribution in [0.3, 0.4) is 0 Å². The van der Waals surface area contributed by atoms with E-state index in [4.69, 9.17) is 16.7 Å². The van der Waals surface area contributed by atoms with Crippen molar-refractivity contribution in [1.82, 2.24) is 0 Å². The molecule has 0 radical (unpaired) electrons. The fourth-order valence-corrected chi connectivity index (χ4v) is 3.00. The van der Waals surface area contributed by atoms with Crippen molar-refractivity contribution in [2.45, 2.75) is 13.5 Å². The second kappa shape index (κ2) is 6.23. The third kappa shape index (κ3) is 4.93. The third-order valence-electron chi connectivity index (χ3n) is 2.18. The van der Waals surface area contributed by atoms with E-state index in [1.807, 2.05) is 0 Å². The van der Waals surface area contributed by atoms with Crippen LogP contribution in [0.25, 0.3) is 0 Å². The highest BCUT2D eigenvalue weighted by molar-refractivity contribution is 7.92.